The molecule has 0 fully saturated rings. The maximum absolute atomic E-state index is 13.2. The zero-order chi connectivity index (χ0) is 25.0. The first-order chi connectivity index (χ1) is 16.1. The molecule has 184 valence electrons. The SMILES string of the molecule is COC(=O)c1cc(OC)c(OC)cc1NC(=O)[C@H](C)N(c1ccc2c(c1)OCCO2)S(C)(=O)=O. The lowest BCUT2D eigenvalue weighted by Crippen LogP contribution is -2.45. The maximum atomic E-state index is 13.2. The molecule has 2 aromatic carbocycles. The molecule has 1 aliphatic rings. The van der Waals surface area contributed by atoms with Crippen LogP contribution in [0, 0.1) is 0 Å². The van der Waals surface area contributed by atoms with Crippen LogP contribution >= 0.6 is 0 Å². The van der Waals surface area contributed by atoms with E-state index in [1.807, 2.05) is 0 Å². The number of benzene rings is 2. The first kappa shape index (κ1) is 25.0. The smallest absolute Gasteiger partial charge is 0.340 e. The van der Waals surface area contributed by atoms with Gasteiger partial charge < -0.3 is 29.0 Å². The van der Waals surface area contributed by atoms with Gasteiger partial charge in [-0.2, -0.15) is 0 Å². The minimum Gasteiger partial charge on any atom is -0.493 e. The number of amides is 1. The van der Waals surface area contributed by atoms with Crippen molar-refractivity contribution in [2.24, 2.45) is 0 Å². The van der Waals surface area contributed by atoms with Crippen molar-refractivity contribution in [2.75, 3.05) is 50.4 Å². The number of esters is 1. The van der Waals surface area contributed by atoms with E-state index in [-0.39, 0.29) is 28.4 Å². The van der Waals surface area contributed by atoms with Crippen molar-refractivity contribution in [2.45, 2.75) is 13.0 Å². The third-order valence-corrected chi connectivity index (χ3v) is 6.30. The van der Waals surface area contributed by atoms with Crippen LogP contribution in [0.15, 0.2) is 30.3 Å². The summed E-state index contributed by atoms with van der Waals surface area (Å²) in [6, 6.07) is 6.15. The second-order valence-corrected chi connectivity index (χ2v) is 9.16. The molecule has 0 radical (unpaired) electrons. The highest BCUT2D eigenvalue weighted by Crippen LogP contribution is 2.36. The first-order valence-corrected chi connectivity index (χ1v) is 12.0. The predicted molar refractivity (Wildman–Crippen MR) is 124 cm³/mol. The summed E-state index contributed by atoms with van der Waals surface area (Å²) < 4.78 is 52.6. The van der Waals surface area contributed by atoms with Crippen LogP contribution in [0.4, 0.5) is 11.4 Å². The second-order valence-electron chi connectivity index (χ2n) is 7.30. The lowest BCUT2D eigenvalue weighted by atomic mass is 10.1. The molecular weight excluding hydrogens is 468 g/mol. The number of hydrogen-bond acceptors (Lipinski definition) is 9. The highest BCUT2D eigenvalue weighted by molar-refractivity contribution is 7.92. The number of fused-ring (bicyclic) bond motifs is 1. The molecule has 2 aromatic rings. The molecule has 12 heteroatoms. The second kappa shape index (κ2) is 10.1. The summed E-state index contributed by atoms with van der Waals surface area (Å²) >= 11 is 0. The van der Waals surface area contributed by atoms with Gasteiger partial charge in [-0.1, -0.05) is 0 Å². The normalized spacial score (nSPS) is 13.4. The number of methoxy groups -OCH3 is 3. The topological polar surface area (TPSA) is 130 Å². The third-order valence-electron chi connectivity index (χ3n) is 5.06. The van der Waals surface area contributed by atoms with Crippen LogP contribution in [0.5, 0.6) is 23.0 Å². The molecule has 3 rings (SSSR count). The van der Waals surface area contributed by atoms with E-state index < -0.39 is 27.9 Å². The minimum absolute atomic E-state index is 0.00550. The van der Waals surface area contributed by atoms with E-state index >= 15 is 0 Å². The summed E-state index contributed by atoms with van der Waals surface area (Å²) in [6.45, 7) is 2.13. The van der Waals surface area contributed by atoms with Crippen LogP contribution in [-0.2, 0) is 19.6 Å². The van der Waals surface area contributed by atoms with E-state index in [4.69, 9.17) is 23.7 Å². The van der Waals surface area contributed by atoms with Gasteiger partial charge >= 0.3 is 5.97 Å². The van der Waals surface area contributed by atoms with E-state index in [0.717, 1.165) is 10.6 Å². The standard InChI is InChI=1S/C22H26N2O9S/c1-13(24(34(5,27)28)14-6-7-17-20(10-14)33-9-8-32-17)21(25)23-16-12-19(30-3)18(29-2)11-15(16)22(26)31-4/h6-7,10-13H,8-9H2,1-5H3,(H,23,25)/t13-/m0/s1. The first-order valence-electron chi connectivity index (χ1n) is 10.1. The van der Waals surface area contributed by atoms with E-state index in [1.54, 1.807) is 6.07 Å². The fourth-order valence-electron chi connectivity index (χ4n) is 3.48. The molecule has 1 atom stereocenters. The predicted octanol–water partition coefficient (Wildman–Crippen LogP) is 2.05. The number of ether oxygens (including phenoxy) is 5. The van der Waals surface area contributed by atoms with Crippen LogP contribution < -0.4 is 28.6 Å². The van der Waals surface area contributed by atoms with E-state index in [0.29, 0.717) is 24.7 Å². The van der Waals surface area contributed by atoms with Crippen molar-refractivity contribution in [3.8, 4) is 23.0 Å². The van der Waals surface area contributed by atoms with Crippen molar-refractivity contribution in [3.63, 3.8) is 0 Å². The number of carbonyl (C=O) groups is 2. The molecule has 0 saturated heterocycles. The van der Waals surface area contributed by atoms with Crippen molar-refractivity contribution in [3.05, 3.63) is 35.9 Å². The molecule has 1 N–H and O–H groups in total. The Labute approximate surface area is 197 Å². The fraction of sp³-hybridized carbons (Fsp3) is 0.364. The third kappa shape index (κ3) is 5.11. The van der Waals surface area contributed by atoms with E-state index in [1.165, 1.54) is 52.5 Å². The Morgan fingerprint density at radius 3 is 2.21 bits per heavy atom. The minimum atomic E-state index is -3.90. The van der Waals surface area contributed by atoms with Gasteiger partial charge in [-0.25, -0.2) is 13.2 Å². The van der Waals surface area contributed by atoms with Gasteiger partial charge in [0.05, 0.1) is 44.5 Å². The van der Waals surface area contributed by atoms with Gasteiger partial charge in [0.15, 0.2) is 23.0 Å². The van der Waals surface area contributed by atoms with E-state index in [2.05, 4.69) is 5.32 Å². The molecular formula is C22H26N2O9S. The monoisotopic (exact) mass is 494 g/mol. The lowest BCUT2D eigenvalue weighted by molar-refractivity contribution is -0.116. The molecule has 0 spiro atoms. The summed E-state index contributed by atoms with van der Waals surface area (Å²) in [7, 11) is 0.0985. The average Bonchev–Trinajstić information content (AvgIpc) is 2.82. The van der Waals surface area contributed by atoms with Crippen molar-refractivity contribution >= 4 is 33.3 Å². The van der Waals surface area contributed by atoms with Gasteiger partial charge in [-0.3, -0.25) is 9.10 Å². The molecule has 11 nitrogen and oxygen atoms in total. The van der Waals surface area contributed by atoms with Gasteiger partial charge in [0.25, 0.3) is 0 Å². The quantitative estimate of drug-likeness (QED) is 0.548. The largest absolute Gasteiger partial charge is 0.493 e. The number of carbonyl (C=O) groups excluding carboxylic acids is 2. The Balaban J connectivity index is 1.97. The van der Waals surface area contributed by atoms with Gasteiger partial charge in [0.1, 0.15) is 19.3 Å². The lowest BCUT2D eigenvalue weighted by Gasteiger charge is -2.29. The summed E-state index contributed by atoms with van der Waals surface area (Å²) in [5.41, 5.74) is 0.290. The van der Waals surface area contributed by atoms with Crippen LogP contribution in [0.25, 0.3) is 0 Å². The van der Waals surface area contributed by atoms with Crippen molar-refractivity contribution < 1.29 is 41.7 Å². The molecule has 0 aliphatic carbocycles. The Morgan fingerprint density at radius 1 is 1.00 bits per heavy atom. The number of rotatable bonds is 8. The highest BCUT2D eigenvalue weighted by atomic mass is 32.2. The van der Waals surface area contributed by atoms with Crippen LogP contribution in [0.1, 0.15) is 17.3 Å². The number of nitrogens with zero attached hydrogens (tertiary/aromatic N) is 1. The summed E-state index contributed by atoms with van der Waals surface area (Å²) in [5, 5.41) is 2.60. The Hall–Kier alpha value is -3.67. The molecule has 1 aliphatic heterocycles. The zero-order valence-corrected chi connectivity index (χ0v) is 20.2. The summed E-state index contributed by atoms with van der Waals surface area (Å²) in [6.07, 6.45) is 0.990. The number of anilines is 2. The highest BCUT2D eigenvalue weighted by Gasteiger charge is 2.31. The van der Waals surface area contributed by atoms with Gasteiger partial charge in [0.2, 0.25) is 15.9 Å². The Bertz CT molecular complexity index is 1200. The molecule has 1 amide bonds. The van der Waals surface area contributed by atoms with Crippen LogP contribution in [-0.4, -0.2) is 67.1 Å². The Morgan fingerprint density at radius 2 is 1.62 bits per heavy atom. The van der Waals surface area contributed by atoms with Crippen LogP contribution in [0.3, 0.4) is 0 Å². The molecule has 0 aromatic heterocycles. The molecule has 1 heterocycles. The van der Waals surface area contributed by atoms with Crippen molar-refractivity contribution in [1.82, 2.24) is 0 Å². The van der Waals surface area contributed by atoms with Crippen LogP contribution in [0.2, 0.25) is 0 Å². The fourth-order valence-corrected chi connectivity index (χ4v) is 4.64. The van der Waals surface area contributed by atoms with Gasteiger partial charge in [-0.15, -0.1) is 0 Å². The maximum Gasteiger partial charge on any atom is 0.340 e. The summed E-state index contributed by atoms with van der Waals surface area (Å²) in [4.78, 5) is 25.5. The van der Waals surface area contributed by atoms with Crippen molar-refractivity contribution in [1.29, 1.82) is 0 Å². The molecule has 0 bridgehead atoms. The number of hydrogen-bond donors (Lipinski definition) is 1. The average molecular weight is 495 g/mol. The number of sulfonamides is 1. The van der Waals surface area contributed by atoms with Gasteiger partial charge in [0, 0.05) is 18.2 Å². The molecule has 34 heavy (non-hydrogen) atoms. The summed E-state index contributed by atoms with van der Waals surface area (Å²) in [5.74, 6) is -0.0622. The Kier molecular flexibility index (Phi) is 7.40. The zero-order valence-electron chi connectivity index (χ0n) is 19.4. The van der Waals surface area contributed by atoms with Gasteiger partial charge in [-0.05, 0) is 19.1 Å². The molecule has 0 saturated carbocycles. The molecule has 0 unspecified atom stereocenters. The number of nitrogens with one attached hydrogen (secondary N) is 1. The van der Waals surface area contributed by atoms with E-state index in [9.17, 15) is 18.0 Å².